The van der Waals surface area contributed by atoms with Crippen molar-refractivity contribution >= 4 is 27.3 Å². The number of nitrogens with two attached hydrogens (primary N) is 1. The lowest BCUT2D eigenvalue weighted by molar-refractivity contribution is 0.410. The summed E-state index contributed by atoms with van der Waals surface area (Å²) in [5.74, 6) is 0.547. The van der Waals surface area contributed by atoms with Gasteiger partial charge >= 0.3 is 0 Å². The van der Waals surface area contributed by atoms with Gasteiger partial charge in [-0.2, -0.15) is 5.10 Å². The largest absolute Gasteiger partial charge is 0.394 e. The predicted molar refractivity (Wildman–Crippen MR) is 61.7 cm³/mol. The van der Waals surface area contributed by atoms with Crippen LogP contribution in [0, 0.1) is 0 Å². The molecule has 15 heavy (non-hydrogen) atoms. The standard InChI is InChI=1S/C10H11BrN4/c11-7-4-13-10-8(12)9(6-2-1-3-6)14-15(10)5-7/h4-6H,1-3,12H2. The number of halogens is 1. The summed E-state index contributed by atoms with van der Waals surface area (Å²) in [7, 11) is 0. The molecule has 0 saturated heterocycles. The van der Waals surface area contributed by atoms with Crippen molar-refractivity contribution in [3.8, 4) is 0 Å². The van der Waals surface area contributed by atoms with Gasteiger partial charge in [-0.05, 0) is 28.8 Å². The van der Waals surface area contributed by atoms with Crippen LogP contribution in [0.4, 0.5) is 5.69 Å². The van der Waals surface area contributed by atoms with E-state index in [1.54, 1.807) is 10.7 Å². The molecule has 0 atom stereocenters. The number of fused-ring (bicyclic) bond motifs is 1. The van der Waals surface area contributed by atoms with Crippen LogP contribution in [-0.4, -0.2) is 14.6 Å². The molecule has 0 bridgehead atoms. The highest BCUT2D eigenvalue weighted by Gasteiger charge is 2.25. The Bertz CT molecular complexity index is 515. The Balaban J connectivity index is 2.19. The average molecular weight is 267 g/mol. The van der Waals surface area contributed by atoms with E-state index in [-0.39, 0.29) is 0 Å². The minimum Gasteiger partial charge on any atom is -0.394 e. The lowest BCUT2D eigenvalue weighted by Crippen LogP contribution is -2.11. The van der Waals surface area contributed by atoms with Crippen molar-refractivity contribution < 1.29 is 0 Å². The summed E-state index contributed by atoms with van der Waals surface area (Å²) in [4.78, 5) is 4.27. The Labute approximate surface area is 95.6 Å². The van der Waals surface area contributed by atoms with Crippen LogP contribution in [0.1, 0.15) is 30.9 Å². The molecule has 1 saturated carbocycles. The molecule has 2 heterocycles. The van der Waals surface area contributed by atoms with Gasteiger partial charge in [0.2, 0.25) is 0 Å². The highest BCUT2D eigenvalue weighted by atomic mass is 79.9. The van der Waals surface area contributed by atoms with Gasteiger partial charge in [0.15, 0.2) is 5.65 Å². The van der Waals surface area contributed by atoms with Crippen LogP contribution in [0.3, 0.4) is 0 Å². The first kappa shape index (κ1) is 9.15. The first-order valence-corrected chi connectivity index (χ1v) is 5.84. The van der Waals surface area contributed by atoms with Crippen LogP contribution >= 0.6 is 15.9 Å². The average Bonchev–Trinajstić information content (AvgIpc) is 2.41. The number of rotatable bonds is 1. The van der Waals surface area contributed by atoms with Crippen LogP contribution in [0.5, 0.6) is 0 Å². The number of nitrogen functional groups attached to an aromatic ring is 1. The lowest BCUT2D eigenvalue weighted by Gasteiger charge is -2.23. The summed E-state index contributed by atoms with van der Waals surface area (Å²) in [5, 5.41) is 4.49. The van der Waals surface area contributed by atoms with Crippen LogP contribution in [-0.2, 0) is 0 Å². The van der Waals surface area contributed by atoms with Crippen molar-refractivity contribution in [3.05, 3.63) is 22.6 Å². The third-order valence-corrected chi connectivity index (χ3v) is 3.41. The van der Waals surface area contributed by atoms with Crippen molar-refractivity contribution in [3.63, 3.8) is 0 Å². The maximum Gasteiger partial charge on any atom is 0.178 e. The molecule has 2 aromatic heterocycles. The maximum atomic E-state index is 6.04. The van der Waals surface area contributed by atoms with E-state index < -0.39 is 0 Å². The maximum absolute atomic E-state index is 6.04. The Hall–Kier alpha value is -1.10. The van der Waals surface area contributed by atoms with Crippen LogP contribution in [0.25, 0.3) is 5.65 Å². The van der Waals surface area contributed by atoms with Crippen molar-refractivity contribution in [2.45, 2.75) is 25.2 Å². The van der Waals surface area contributed by atoms with Crippen molar-refractivity contribution in [1.82, 2.24) is 14.6 Å². The number of nitrogens with zero attached hydrogens (tertiary/aromatic N) is 3. The van der Waals surface area contributed by atoms with E-state index >= 15 is 0 Å². The van der Waals surface area contributed by atoms with Gasteiger partial charge in [-0.3, -0.25) is 0 Å². The molecule has 3 rings (SSSR count). The second kappa shape index (κ2) is 3.20. The number of hydrogen-bond donors (Lipinski definition) is 1. The summed E-state index contributed by atoms with van der Waals surface area (Å²) >= 11 is 3.37. The van der Waals surface area contributed by atoms with Gasteiger partial charge in [-0.1, -0.05) is 6.42 Å². The summed E-state index contributed by atoms with van der Waals surface area (Å²) in [6, 6.07) is 0. The highest BCUT2D eigenvalue weighted by Crippen LogP contribution is 2.39. The van der Waals surface area contributed by atoms with E-state index in [1.807, 2.05) is 6.20 Å². The fraction of sp³-hybridized carbons (Fsp3) is 0.400. The van der Waals surface area contributed by atoms with Gasteiger partial charge in [-0.15, -0.1) is 0 Å². The van der Waals surface area contributed by atoms with E-state index in [9.17, 15) is 0 Å². The molecule has 0 radical (unpaired) electrons. The van der Waals surface area contributed by atoms with E-state index in [2.05, 4.69) is 26.0 Å². The zero-order valence-electron chi connectivity index (χ0n) is 8.15. The molecule has 5 heteroatoms. The molecule has 0 aliphatic heterocycles. The number of hydrogen-bond acceptors (Lipinski definition) is 3. The van der Waals surface area contributed by atoms with Gasteiger partial charge < -0.3 is 5.73 Å². The summed E-state index contributed by atoms with van der Waals surface area (Å²) in [6.07, 6.45) is 7.33. The third kappa shape index (κ3) is 1.33. The molecule has 2 N–H and O–H groups in total. The second-order valence-electron chi connectivity index (χ2n) is 3.97. The Morgan fingerprint density at radius 1 is 1.47 bits per heavy atom. The minimum absolute atomic E-state index is 0.547. The first-order chi connectivity index (χ1) is 7.25. The van der Waals surface area contributed by atoms with Crippen molar-refractivity contribution in [1.29, 1.82) is 0 Å². The Morgan fingerprint density at radius 2 is 2.27 bits per heavy atom. The molecule has 1 aliphatic rings. The molecule has 1 fully saturated rings. The lowest BCUT2D eigenvalue weighted by atomic mass is 9.82. The molecular formula is C10H11BrN4. The fourth-order valence-corrected chi connectivity index (χ4v) is 2.23. The molecule has 0 spiro atoms. The normalized spacial score (nSPS) is 16.9. The Kier molecular flexibility index (Phi) is 1.95. The van der Waals surface area contributed by atoms with Gasteiger partial charge in [0.25, 0.3) is 0 Å². The summed E-state index contributed by atoms with van der Waals surface area (Å²) in [5.41, 5.74) is 8.57. The van der Waals surface area contributed by atoms with Gasteiger partial charge in [0.1, 0.15) is 5.69 Å². The van der Waals surface area contributed by atoms with Gasteiger partial charge in [-0.25, -0.2) is 9.50 Å². The molecule has 4 nitrogen and oxygen atoms in total. The molecule has 2 aromatic rings. The third-order valence-electron chi connectivity index (χ3n) is 3.00. The minimum atomic E-state index is 0.547. The fourth-order valence-electron chi connectivity index (χ4n) is 1.93. The summed E-state index contributed by atoms with van der Waals surface area (Å²) in [6.45, 7) is 0. The molecular weight excluding hydrogens is 256 g/mol. The Morgan fingerprint density at radius 3 is 2.93 bits per heavy atom. The van der Waals surface area contributed by atoms with Crippen molar-refractivity contribution in [2.24, 2.45) is 0 Å². The van der Waals surface area contributed by atoms with Gasteiger partial charge in [0, 0.05) is 18.3 Å². The highest BCUT2D eigenvalue weighted by molar-refractivity contribution is 9.10. The quantitative estimate of drug-likeness (QED) is 0.862. The van der Waals surface area contributed by atoms with E-state index in [0.29, 0.717) is 5.92 Å². The molecule has 78 valence electrons. The molecule has 0 aromatic carbocycles. The topological polar surface area (TPSA) is 56.2 Å². The predicted octanol–water partition coefficient (Wildman–Crippen LogP) is 2.34. The van der Waals surface area contributed by atoms with Crippen LogP contribution in [0.15, 0.2) is 16.9 Å². The zero-order valence-corrected chi connectivity index (χ0v) is 9.74. The van der Waals surface area contributed by atoms with Crippen molar-refractivity contribution in [2.75, 3.05) is 5.73 Å². The smallest absolute Gasteiger partial charge is 0.178 e. The summed E-state index contributed by atoms with van der Waals surface area (Å²) < 4.78 is 2.67. The molecule has 0 amide bonds. The van der Waals surface area contributed by atoms with E-state index in [0.717, 1.165) is 21.5 Å². The molecule has 1 aliphatic carbocycles. The molecule has 0 unspecified atom stereocenters. The second-order valence-corrected chi connectivity index (χ2v) is 4.88. The van der Waals surface area contributed by atoms with E-state index in [1.165, 1.54) is 19.3 Å². The number of aromatic nitrogens is 3. The van der Waals surface area contributed by atoms with Gasteiger partial charge in [0.05, 0.1) is 10.2 Å². The van der Waals surface area contributed by atoms with Crippen LogP contribution in [0.2, 0.25) is 0 Å². The first-order valence-electron chi connectivity index (χ1n) is 5.05. The van der Waals surface area contributed by atoms with E-state index in [4.69, 9.17) is 5.73 Å². The zero-order chi connectivity index (χ0) is 10.4. The van der Waals surface area contributed by atoms with Crippen LogP contribution < -0.4 is 5.73 Å². The SMILES string of the molecule is Nc1c(C2CCC2)nn2cc(Br)cnc12. The number of anilines is 1. The monoisotopic (exact) mass is 266 g/mol.